The van der Waals surface area contributed by atoms with Crippen LogP contribution in [0.1, 0.15) is 0 Å². The van der Waals surface area contributed by atoms with E-state index in [1.807, 2.05) is 0 Å². The van der Waals surface area contributed by atoms with Crippen LogP contribution in [0.5, 0.6) is 11.5 Å². The molecule has 3 aromatic carbocycles. The Balaban J connectivity index is 1.64. The minimum absolute atomic E-state index is 0.0430. The fourth-order valence-electron chi connectivity index (χ4n) is 2.86. The van der Waals surface area contributed by atoms with E-state index < -0.39 is 15.9 Å². The Kier molecular flexibility index (Phi) is 7.97. The van der Waals surface area contributed by atoms with Crippen LogP contribution in [0.2, 0.25) is 5.02 Å². The molecule has 9 heteroatoms. The van der Waals surface area contributed by atoms with Crippen molar-refractivity contribution in [1.29, 1.82) is 0 Å². The third kappa shape index (κ3) is 6.15. The van der Waals surface area contributed by atoms with Gasteiger partial charge in [-0.3, -0.25) is 9.10 Å². The molecule has 1 N–H and O–H groups in total. The van der Waals surface area contributed by atoms with Crippen LogP contribution in [0.4, 0.5) is 5.69 Å². The van der Waals surface area contributed by atoms with Gasteiger partial charge in [0.25, 0.3) is 10.0 Å². The summed E-state index contributed by atoms with van der Waals surface area (Å²) in [7, 11) is -2.39. The lowest BCUT2D eigenvalue weighted by Gasteiger charge is -2.24. The van der Waals surface area contributed by atoms with Gasteiger partial charge in [-0.2, -0.15) is 0 Å². The summed E-state index contributed by atoms with van der Waals surface area (Å²) >= 11 is 5.88. The maximum atomic E-state index is 13.2. The van der Waals surface area contributed by atoms with Crippen LogP contribution >= 0.6 is 11.6 Å². The van der Waals surface area contributed by atoms with Crippen LogP contribution in [0.3, 0.4) is 0 Å². The first-order valence-corrected chi connectivity index (χ1v) is 11.6. The first kappa shape index (κ1) is 23.4. The van der Waals surface area contributed by atoms with Gasteiger partial charge in [0.05, 0.1) is 24.2 Å². The molecular weight excluding hydrogens is 452 g/mol. The fourth-order valence-corrected chi connectivity index (χ4v) is 4.41. The number of benzene rings is 3. The molecule has 0 spiro atoms. The number of sulfonamides is 1. The van der Waals surface area contributed by atoms with Crippen molar-refractivity contribution in [2.45, 2.75) is 4.90 Å². The average molecular weight is 475 g/mol. The van der Waals surface area contributed by atoms with Gasteiger partial charge >= 0.3 is 0 Å². The number of halogens is 1. The van der Waals surface area contributed by atoms with Gasteiger partial charge in [-0.25, -0.2) is 8.42 Å². The number of hydrogen-bond acceptors (Lipinski definition) is 5. The third-order valence-electron chi connectivity index (χ3n) is 4.49. The Bertz CT molecular complexity index is 1120. The monoisotopic (exact) mass is 474 g/mol. The molecule has 0 radical (unpaired) electrons. The van der Waals surface area contributed by atoms with Crippen LogP contribution < -0.4 is 19.1 Å². The molecule has 0 heterocycles. The highest BCUT2D eigenvalue weighted by atomic mass is 35.5. The van der Waals surface area contributed by atoms with E-state index in [9.17, 15) is 13.2 Å². The van der Waals surface area contributed by atoms with E-state index in [0.717, 1.165) is 4.31 Å². The van der Waals surface area contributed by atoms with E-state index in [1.54, 1.807) is 61.7 Å². The third-order valence-corrected chi connectivity index (χ3v) is 6.53. The molecule has 0 atom stereocenters. The Labute approximate surface area is 192 Å². The molecule has 168 valence electrons. The summed E-state index contributed by atoms with van der Waals surface area (Å²) in [5, 5.41) is 3.11. The van der Waals surface area contributed by atoms with Gasteiger partial charge in [0.15, 0.2) is 0 Å². The Morgan fingerprint density at radius 1 is 0.938 bits per heavy atom. The quantitative estimate of drug-likeness (QED) is 0.452. The summed E-state index contributed by atoms with van der Waals surface area (Å²) in [5.74, 6) is 0.898. The molecule has 3 rings (SSSR count). The summed E-state index contributed by atoms with van der Waals surface area (Å²) in [6, 6.07) is 21.3. The highest BCUT2D eigenvalue weighted by molar-refractivity contribution is 7.92. The molecule has 0 aliphatic rings. The van der Waals surface area contributed by atoms with Gasteiger partial charge in [0.1, 0.15) is 24.7 Å². The van der Waals surface area contributed by atoms with Crippen molar-refractivity contribution in [2.24, 2.45) is 0 Å². The minimum atomic E-state index is -3.98. The number of nitrogens with zero attached hydrogens (tertiary/aromatic N) is 1. The predicted molar refractivity (Wildman–Crippen MR) is 124 cm³/mol. The van der Waals surface area contributed by atoms with Gasteiger partial charge in [-0.1, -0.05) is 29.8 Å². The molecule has 0 aromatic heterocycles. The minimum Gasteiger partial charge on any atom is -0.497 e. The van der Waals surface area contributed by atoms with Gasteiger partial charge < -0.3 is 14.8 Å². The molecule has 0 unspecified atom stereocenters. The molecule has 0 saturated carbocycles. The van der Waals surface area contributed by atoms with Gasteiger partial charge in [0.2, 0.25) is 5.91 Å². The van der Waals surface area contributed by atoms with Crippen LogP contribution in [0.15, 0.2) is 83.8 Å². The molecule has 7 nitrogen and oxygen atoms in total. The summed E-state index contributed by atoms with van der Waals surface area (Å²) < 4.78 is 38.2. The van der Waals surface area contributed by atoms with Crippen LogP contribution in [0, 0.1) is 0 Å². The number of carbonyl (C=O) groups is 1. The fraction of sp³-hybridized carbons (Fsp3) is 0.174. The van der Waals surface area contributed by atoms with Crippen molar-refractivity contribution in [3.63, 3.8) is 0 Å². The summed E-state index contributed by atoms with van der Waals surface area (Å²) in [6.45, 7) is 0.0688. The molecule has 0 saturated heterocycles. The van der Waals surface area contributed by atoms with Crippen molar-refractivity contribution in [2.75, 3.05) is 31.1 Å². The second-order valence-electron chi connectivity index (χ2n) is 6.68. The predicted octanol–water partition coefficient (Wildman–Crippen LogP) is 3.74. The second kappa shape index (κ2) is 10.9. The zero-order chi connectivity index (χ0) is 23.0. The molecule has 0 fully saturated rings. The number of anilines is 1. The molecular formula is C23H23ClN2O5S. The summed E-state index contributed by atoms with van der Waals surface area (Å²) in [6.07, 6.45) is 0. The number of amides is 1. The lowest BCUT2D eigenvalue weighted by atomic mass is 10.3. The highest BCUT2D eigenvalue weighted by Gasteiger charge is 2.27. The molecule has 0 bridgehead atoms. The highest BCUT2D eigenvalue weighted by Crippen LogP contribution is 2.24. The summed E-state index contributed by atoms with van der Waals surface area (Å²) in [4.78, 5) is 12.6. The molecule has 32 heavy (non-hydrogen) atoms. The number of hydrogen-bond donors (Lipinski definition) is 1. The van der Waals surface area contributed by atoms with E-state index in [4.69, 9.17) is 21.1 Å². The van der Waals surface area contributed by atoms with E-state index in [1.165, 1.54) is 24.3 Å². The zero-order valence-corrected chi connectivity index (χ0v) is 19.0. The maximum absolute atomic E-state index is 13.2. The molecule has 3 aromatic rings. The number of para-hydroxylation sites is 1. The Morgan fingerprint density at radius 3 is 2.19 bits per heavy atom. The number of rotatable bonds is 10. The number of methoxy groups -OCH3 is 1. The van der Waals surface area contributed by atoms with Crippen molar-refractivity contribution in [3.8, 4) is 11.5 Å². The van der Waals surface area contributed by atoms with Crippen molar-refractivity contribution >= 4 is 33.2 Å². The van der Waals surface area contributed by atoms with Crippen LogP contribution in [0.25, 0.3) is 0 Å². The standard InChI is InChI=1S/C23H23ClN2O5S/c1-30-20-9-11-21(12-10-20)31-16-15-25-23(27)17-26(19-5-3-2-4-6-19)32(28,29)22-13-7-18(24)8-14-22/h2-14H,15-17H2,1H3,(H,25,27). The van der Waals surface area contributed by atoms with Gasteiger partial charge in [-0.05, 0) is 60.7 Å². The SMILES string of the molecule is COc1ccc(OCCNC(=O)CN(c2ccccc2)S(=O)(=O)c2ccc(Cl)cc2)cc1. The lowest BCUT2D eigenvalue weighted by molar-refractivity contribution is -0.119. The molecule has 0 aliphatic heterocycles. The van der Waals surface area contributed by atoms with E-state index in [0.29, 0.717) is 22.2 Å². The maximum Gasteiger partial charge on any atom is 0.264 e. The smallest absolute Gasteiger partial charge is 0.264 e. The number of carbonyl (C=O) groups excluding carboxylic acids is 1. The largest absolute Gasteiger partial charge is 0.497 e. The topological polar surface area (TPSA) is 84.9 Å². The van der Waals surface area contributed by atoms with Gasteiger partial charge in [0, 0.05) is 5.02 Å². The molecule has 1 amide bonds. The number of ether oxygens (including phenoxy) is 2. The first-order valence-electron chi connectivity index (χ1n) is 9.77. The van der Waals surface area contributed by atoms with Crippen LogP contribution in [-0.4, -0.2) is 41.1 Å². The van der Waals surface area contributed by atoms with E-state index in [2.05, 4.69) is 5.32 Å². The normalized spacial score (nSPS) is 10.9. The van der Waals surface area contributed by atoms with Gasteiger partial charge in [-0.15, -0.1) is 0 Å². The van der Waals surface area contributed by atoms with Crippen molar-refractivity contribution in [3.05, 3.63) is 83.9 Å². The lowest BCUT2D eigenvalue weighted by Crippen LogP contribution is -2.41. The second-order valence-corrected chi connectivity index (χ2v) is 8.97. The average Bonchev–Trinajstić information content (AvgIpc) is 2.81. The van der Waals surface area contributed by atoms with E-state index >= 15 is 0 Å². The molecule has 0 aliphatic carbocycles. The zero-order valence-electron chi connectivity index (χ0n) is 17.4. The Morgan fingerprint density at radius 2 is 1.56 bits per heavy atom. The van der Waals surface area contributed by atoms with Crippen LogP contribution in [-0.2, 0) is 14.8 Å². The first-order chi connectivity index (χ1) is 15.4. The number of nitrogens with one attached hydrogen (secondary N) is 1. The Hall–Kier alpha value is -3.23. The summed E-state index contributed by atoms with van der Waals surface area (Å²) in [5.41, 5.74) is 0.382. The van der Waals surface area contributed by atoms with Crippen molar-refractivity contribution in [1.82, 2.24) is 5.32 Å². The van der Waals surface area contributed by atoms with E-state index in [-0.39, 0.29) is 24.6 Å². The van der Waals surface area contributed by atoms with Crippen molar-refractivity contribution < 1.29 is 22.7 Å².